The Morgan fingerprint density at radius 1 is 1.57 bits per heavy atom. The lowest BCUT2D eigenvalue weighted by Crippen LogP contribution is -2.26. The average molecular weight is 257 g/mol. The van der Waals surface area contributed by atoms with E-state index in [1.165, 1.54) is 0 Å². The van der Waals surface area contributed by atoms with Crippen LogP contribution in [0, 0.1) is 0 Å². The van der Waals surface area contributed by atoms with E-state index in [1.807, 2.05) is 0 Å². The van der Waals surface area contributed by atoms with Crippen molar-refractivity contribution in [2.45, 2.75) is 6.54 Å². The molecule has 0 amide bonds. The summed E-state index contributed by atoms with van der Waals surface area (Å²) in [5, 5.41) is 1.57. The second kappa shape index (κ2) is 4.92. The Morgan fingerprint density at radius 3 is 2.79 bits per heavy atom. The molecule has 0 saturated heterocycles. The summed E-state index contributed by atoms with van der Waals surface area (Å²) in [6.45, 7) is 0.0952. The zero-order valence-electron chi connectivity index (χ0n) is 7.12. The van der Waals surface area contributed by atoms with E-state index in [1.54, 1.807) is 5.38 Å². The maximum atomic E-state index is 11.1. The van der Waals surface area contributed by atoms with Gasteiger partial charge in [-0.05, 0) is 0 Å². The van der Waals surface area contributed by atoms with Gasteiger partial charge in [-0.25, -0.2) is 13.1 Å². The molecule has 5 nitrogen and oxygen atoms in total. The van der Waals surface area contributed by atoms with Crippen molar-refractivity contribution < 1.29 is 8.42 Å². The zero-order valence-corrected chi connectivity index (χ0v) is 9.51. The lowest BCUT2D eigenvalue weighted by Gasteiger charge is -2.02. The second-order valence-corrected chi connectivity index (χ2v) is 5.65. The van der Waals surface area contributed by atoms with E-state index in [-0.39, 0.29) is 23.1 Å². The number of aromatic amines is 1. The van der Waals surface area contributed by atoms with E-state index in [4.69, 9.17) is 11.6 Å². The summed E-state index contributed by atoms with van der Waals surface area (Å²) in [7, 11) is -3.32. The molecular formula is C6H9ClN2O3S2. The highest BCUT2D eigenvalue weighted by Gasteiger charge is 2.08. The molecule has 0 spiro atoms. The van der Waals surface area contributed by atoms with Crippen LogP contribution >= 0.6 is 22.9 Å². The highest BCUT2D eigenvalue weighted by Crippen LogP contribution is 1.96. The van der Waals surface area contributed by atoms with Crippen molar-refractivity contribution in [3.8, 4) is 0 Å². The van der Waals surface area contributed by atoms with Crippen molar-refractivity contribution in [1.82, 2.24) is 9.71 Å². The number of hydrogen-bond acceptors (Lipinski definition) is 4. The minimum Gasteiger partial charge on any atom is -0.315 e. The Hall–Kier alpha value is -0.370. The fourth-order valence-electron chi connectivity index (χ4n) is 0.762. The molecule has 0 fully saturated rings. The molecule has 0 saturated carbocycles. The fraction of sp³-hybridized carbons (Fsp3) is 0.500. The number of H-pyrrole nitrogens is 1. The van der Waals surface area contributed by atoms with Crippen LogP contribution in [0.5, 0.6) is 0 Å². The first kappa shape index (κ1) is 11.7. The molecule has 14 heavy (non-hydrogen) atoms. The normalized spacial score (nSPS) is 11.8. The van der Waals surface area contributed by atoms with Crippen molar-refractivity contribution in [2.24, 2.45) is 0 Å². The van der Waals surface area contributed by atoms with E-state index in [0.717, 1.165) is 11.3 Å². The third kappa shape index (κ3) is 3.79. The van der Waals surface area contributed by atoms with Crippen LogP contribution in [0.4, 0.5) is 0 Å². The topological polar surface area (TPSA) is 79.0 Å². The van der Waals surface area contributed by atoms with Crippen molar-refractivity contribution in [3.05, 3.63) is 20.7 Å². The van der Waals surface area contributed by atoms with Crippen LogP contribution in [-0.4, -0.2) is 25.0 Å². The smallest absolute Gasteiger partial charge is 0.304 e. The number of aromatic nitrogens is 1. The summed E-state index contributed by atoms with van der Waals surface area (Å²) in [4.78, 5) is 13.0. The molecule has 1 heterocycles. The SMILES string of the molecule is O=c1[nH]c(CNS(=O)(=O)CCCl)cs1. The van der Waals surface area contributed by atoms with Gasteiger partial charge in [0.15, 0.2) is 0 Å². The minimum atomic E-state index is -3.32. The third-order valence-corrected chi connectivity index (χ3v) is 3.86. The summed E-state index contributed by atoms with van der Waals surface area (Å²) >= 11 is 6.29. The number of rotatable bonds is 5. The molecule has 1 aromatic rings. The van der Waals surface area contributed by atoms with Gasteiger partial charge >= 0.3 is 4.87 Å². The Balaban J connectivity index is 2.53. The molecule has 1 rings (SSSR count). The van der Waals surface area contributed by atoms with Crippen LogP contribution in [0.1, 0.15) is 5.69 Å². The van der Waals surface area contributed by atoms with Gasteiger partial charge in [-0.3, -0.25) is 4.79 Å². The van der Waals surface area contributed by atoms with Crippen molar-refractivity contribution in [3.63, 3.8) is 0 Å². The van der Waals surface area contributed by atoms with Gasteiger partial charge in [0.25, 0.3) is 0 Å². The second-order valence-electron chi connectivity index (χ2n) is 2.50. The van der Waals surface area contributed by atoms with Crippen LogP contribution in [-0.2, 0) is 16.6 Å². The molecule has 8 heteroatoms. The molecule has 0 aliphatic carbocycles. The Labute approximate surface area is 90.2 Å². The first-order valence-corrected chi connectivity index (χ1v) is 6.80. The highest BCUT2D eigenvalue weighted by atomic mass is 35.5. The van der Waals surface area contributed by atoms with Crippen LogP contribution in [0.25, 0.3) is 0 Å². The van der Waals surface area contributed by atoms with Gasteiger partial charge in [0, 0.05) is 17.0 Å². The molecule has 0 aliphatic heterocycles. The van der Waals surface area contributed by atoms with Crippen molar-refractivity contribution in [2.75, 3.05) is 11.6 Å². The predicted octanol–water partition coefficient (Wildman–Crippen LogP) is 0.0946. The number of halogens is 1. The van der Waals surface area contributed by atoms with Gasteiger partial charge in [0.2, 0.25) is 10.0 Å². The van der Waals surface area contributed by atoms with Gasteiger partial charge < -0.3 is 4.98 Å². The van der Waals surface area contributed by atoms with E-state index in [9.17, 15) is 13.2 Å². The number of hydrogen-bond donors (Lipinski definition) is 2. The predicted molar refractivity (Wildman–Crippen MR) is 56.3 cm³/mol. The summed E-state index contributed by atoms with van der Waals surface area (Å²) in [5.41, 5.74) is 0.554. The lowest BCUT2D eigenvalue weighted by atomic mass is 10.5. The standard InChI is InChI=1S/C6H9ClN2O3S2/c7-1-2-14(11,12)8-3-5-4-13-6(10)9-5/h4,8H,1-3H2,(H,9,10). The van der Waals surface area contributed by atoms with Gasteiger partial charge in [-0.2, -0.15) is 0 Å². The number of nitrogens with one attached hydrogen (secondary N) is 2. The molecule has 0 unspecified atom stereocenters. The summed E-state index contributed by atoms with van der Waals surface area (Å²) in [5.74, 6) is -0.0710. The van der Waals surface area contributed by atoms with E-state index in [2.05, 4.69) is 9.71 Å². The van der Waals surface area contributed by atoms with Gasteiger partial charge in [0.1, 0.15) is 0 Å². The Bertz CT molecular complexity index is 436. The maximum absolute atomic E-state index is 11.1. The number of thiazole rings is 1. The first-order chi connectivity index (χ1) is 6.53. The molecule has 1 aromatic heterocycles. The number of alkyl halides is 1. The molecule has 2 N–H and O–H groups in total. The van der Waals surface area contributed by atoms with Gasteiger partial charge in [-0.1, -0.05) is 11.3 Å². The van der Waals surface area contributed by atoms with Crippen molar-refractivity contribution >= 4 is 33.0 Å². The molecule has 0 bridgehead atoms. The molecular weight excluding hydrogens is 248 g/mol. The highest BCUT2D eigenvalue weighted by molar-refractivity contribution is 7.89. The van der Waals surface area contributed by atoms with E-state index in [0.29, 0.717) is 5.69 Å². The molecule has 0 atom stereocenters. The molecule has 0 aliphatic rings. The van der Waals surface area contributed by atoms with Crippen LogP contribution in [0.3, 0.4) is 0 Å². The van der Waals surface area contributed by atoms with Gasteiger partial charge in [-0.15, -0.1) is 11.6 Å². The molecule has 0 radical (unpaired) electrons. The third-order valence-electron chi connectivity index (χ3n) is 1.40. The Morgan fingerprint density at radius 2 is 2.29 bits per heavy atom. The monoisotopic (exact) mass is 256 g/mol. The molecule has 0 aromatic carbocycles. The Kier molecular flexibility index (Phi) is 4.11. The maximum Gasteiger partial charge on any atom is 0.304 e. The van der Waals surface area contributed by atoms with Gasteiger partial charge in [0.05, 0.1) is 12.3 Å². The summed E-state index contributed by atoms with van der Waals surface area (Å²) < 4.78 is 24.6. The molecule has 80 valence electrons. The van der Waals surface area contributed by atoms with Crippen molar-refractivity contribution in [1.29, 1.82) is 0 Å². The lowest BCUT2D eigenvalue weighted by molar-refractivity contribution is 0.582. The fourth-order valence-corrected chi connectivity index (χ4v) is 2.68. The van der Waals surface area contributed by atoms with E-state index < -0.39 is 10.0 Å². The van der Waals surface area contributed by atoms with Crippen LogP contribution in [0.15, 0.2) is 10.2 Å². The van der Waals surface area contributed by atoms with E-state index >= 15 is 0 Å². The first-order valence-electron chi connectivity index (χ1n) is 3.73. The van der Waals surface area contributed by atoms with Crippen LogP contribution in [0.2, 0.25) is 0 Å². The zero-order chi connectivity index (χ0) is 10.6. The average Bonchev–Trinajstić information content (AvgIpc) is 2.48. The summed E-state index contributed by atoms with van der Waals surface area (Å²) in [6, 6.07) is 0. The minimum absolute atomic E-state index is 0.0511. The summed E-state index contributed by atoms with van der Waals surface area (Å²) in [6.07, 6.45) is 0. The van der Waals surface area contributed by atoms with Crippen LogP contribution < -0.4 is 9.60 Å². The quantitative estimate of drug-likeness (QED) is 0.733. The number of sulfonamides is 1. The largest absolute Gasteiger partial charge is 0.315 e.